The summed E-state index contributed by atoms with van der Waals surface area (Å²) >= 11 is 1.81. The highest BCUT2D eigenvalue weighted by Gasteiger charge is 2.31. The van der Waals surface area contributed by atoms with Gasteiger partial charge in [-0.25, -0.2) is 18.1 Å². The molecule has 0 amide bonds. The summed E-state index contributed by atoms with van der Waals surface area (Å²) < 4.78 is 26.8. The molecule has 1 fully saturated rings. The van der Waals surface area contributed by atoms with Crippen molar-refractivity contribution in [2.75, 3.05) is 12.3 Å². The van der Waals surface area contributed by atoms with Crippen LogP contribution in [0.5, 0.6) is 0 Å². The van der Waals surface area contributed by atoms with E-state index in [1.807, 2.05) is 0 Å². The number of hydrogen-bond donors (Lipinski definition) is 2. The smallest absolute Gasteiger partial charge is 0.258 e. The minimum Gasteiger partial charge on any atom is -0.392 e. The summed E-state index contributed by atoms with van der Waals surface area (Å²) in [5.41, 5.74) is 0.595. The molecule has 0 bridgehead atoms. The number of nitrogens with zero attached hydrogens (tertiary/aromatic N) is 1. The predicted molar refractivity (Wildman–Crippen MR) is 75.4 cm³/mol. The van der Waals surface area contributed by atoms with Crippen LogP contribution in [-0.4, -0.2) is 35.6 Å². The van der Waals surface area contributed by atoms with E-state index in [2.05, 4.69) is 16.6 Å². The average Bonchev–Trinajstić information content (AvgIpc) is 2.84. The van der Waals surface area contributed by atoms with Gasteiger partial charge in [0.25, 0.3) is 10.0 Å². The maximum absolute atomic E-state index is 12.1. The Hall–Kier alpha value is -0.630. The molecular weight excluding hydrogens is 284 g/mol. The molecule has 1 unspecified atom stereocenters. The highest BCUT2D eigenvalue weighted by Crippen LogP contribution is 2.37. The van der Waals surface area contributed by atoms with E-state index < -0.39 is 10.0 Å². The fourth-order valence-corrected chi connectivity index (χ4v) is 4.39. The third-order valence-electron chi connectivity index (χ3n) is 3.19. The number of nitrogens with one attached hydrogen (secondary N) is 1. The minimum atomic E-state index is -3.57. The SMILES string of the molecule is CC1(CNS(=O)(=O)c2ccc(CO)cn2)CCCS1. The van der Waals surface area contributed by atoms with Gasteiger partial charge in [-0.1, -0.05) is 6.07 Å². The lowest BCUT2D eigenvalue weighted by molar-refractivity contribution is 0.281. The highest BCUT2D eigenvalue weighted by atomic mass is 32.2. The molecule has 2 heterocycles. The molecule has 0 aliphatic carbocycles. The molecule has 5 nitrogen and oxygen atoms in total. The third-order valence-corrected chi connectivity index (χ3v) is 6.05. The van der Waals surface area contributed by atoms with Crippen LogP contribution < -0.4 is 4.72 Å². The lowest BCUT2D eigenvalue weighted by Gasteiger charge is -2.22. The van der Waals surface area contributed by atoms with Gasteiger partial charge < -0.3 is 5.11 Å². The van der Waals surface area contributed by atoms with Gasteiger partial charge in [-0.2, -0.15) is 11.8 Å². The van der Waals surface area contributed by atoms with E-state index in [9.17, 15) is 8.42 Å². The zero-order chi connectivity index (χ0) is 13.9. The second-order valence-electron chi connectivity index (χ2n) is 4.89. The quantitative estimate of drug-likeness (QED) is 0.852. The van der Waals surface area contributed by atoms with E-state index in [1.165, 1.54) is 12.3 Å². The van der Waals surface area contributed by atoms with E-state index in [-0.39, 0.29) is 16.4 Å². The predicted octanol–water partition coefficient (Wildman–Crippen LogP) is 1.14. The van der Waals surface area contributed by atoms with Crippen molar-refractivity contribution in [1.29, 1.82) is 0 Å². The molecule has 1 saturated heterocycles. The third kappa shape index (κ3) is 3.68. The molecule has 1 atom stereocenters. The Labute approximate surface area is 117 Å². The van der Waals surface area contributed by atoms with Crippen LogP contribution in [0.2, 0.25) is 0 Å². The maximum Gasteiger partial charge on any atom is 0.258 e. The summed E-state index contributed by atoms with van der Waals surface area (Å²) in [5, 5.41) is 8.90. The molecule has 1 aromatic rings. The molecule has 0 spiro atoms. The summed E-state index contributed by atoms with van der Waals surface area (Å²) in [7, 11) is -3.57. The second-order valence-corrected chi connectivity index (χ2v) is 8.29. The Balaban J connectivity index is 2.05. The maximum atomic E-state index is 12.1. The van der Waals surface area contributed by atoms with Crippen molar-refractivity contribution in [2.24, 2.45) is 0 Å². The van der Waals surface area contributed by atoms with Crippen molar-refractivity contribution in [3.05, 3.63) is 23.9 Å². The molecule has 106 valence electrons. The monoisotopic (exact) mass is 302 g/mol. The zero-order valence-electron chi connectivity index (χ0n) is 10.8. The Morgan fingerprint density at radius 1 is 1.53 bits per heavy atom. The first kappa shape index (κ1) is 14.8. The van der Waals surface area contributed by atoms with Crippen molar-refractivity contribution in [3.63, 3.8) is 0 Å². The normalized spacial score (nSPS) is 23.7. The van der Waals surface area contributed by atoms with Crippen LogP contribution in [0.1, 0.15) is 25.3 Å². The Bertz CT molecular complexity index is 522. The number of sulfonamides is 1. The fourth-order valence-electron chi connectivity index (χ4n) is 1.96. The van der Waals surface area contributed by atoms with Crippen molar-refractivity contribution >= 4 is 21.8 Å². The van der Waals surface area contributed by atoms with Crippen molar-refractivity contribution in [2.45, 2.75) is 36.1 Å². The first-order chi connectivity index (χ1) is 8.95. The number of hydrogen-bond acceptors (Lipinski definition) is 5. The van der Waals surface area contributed by atoms with Crippen LogP contribution in [0.4, 0.5) is 0 Å². The van der Waals surface area contributed by atoms with Gasteiger partial charge in [0.1, 0.15) is 0 Å². The number of aromatic nitrogens is 1. The summed E-state index contributed by atoms with van der Waals surface area (Å²) in [4.78, 5) is 3.87. The first-order valence-electron chi connectivity index (χ1n) is 6.15. The number of rotatable bonds is 5. The van der Waals surface area contributed by atoms with Crippen LogP contribution in [0, 0.1) is 0 Å². The summed E-state index contributed by atoms with van der Waals surface area (Å²) in [5.74, 6) is 1.08. The second kappa shape index (κ2) is 5.78. The largest absolute Gasteiger partial charge is 0.392 e. The van der Waals surface area contributed by atoms with Gasteiger partial charge in [0.15, 0.2) is 5.03 Å². The summed E-state index contributed by atoms with van der Waals surface area (Å²) in [6.07, 6.45) is 3.53. The Morgan fingerprint density at radius 3 is 2.84 bits per heavy atom. The molecule has 2 N–H and O–H groups in total. The molecule has 2 rings (SSSR count). The van der Waals surface area contributed by atoms with Gasteiger partial charge >= 0.3 is 0 Å². The molecule has 7 heteroatoms. The molecule has 0 aromatic carbocycles. The van der Waals surface area contributed by atoms with Crippen molar-refractivity contribution in [1.82, 2.24) is 9.71 Å². The molecule has 0 saturated carbocycles. The topological polar surface area (TPSA) is 79.3 Å². The summed E-state index contributed by atoms with van der Waals surface area (Å²) in [6, 6.07) is 2.98. The standard InChI is InChI=1S/C12H18N2O3S2/c1-12(5-2-6-18-12)9-14-19(16,17)11-4-3-10(8-15)7-13-11/h3-4,7,14-15H,2,5-6,8-9H2,1H3. The van der Waals surface area contributed by atoms with E-state index >= 15 is 0 Å². The molecule has 0 radical (unpaired) electrons. The molecule has 1 aromatic heterocycles. The van der Waals surface area contributed by atoms with Gasteiger partial charge in [-0.3, -0.25) is 0 Å². The zero-order valence-corrected chi connectivity index (χ0v) is 12.4. The van der Waals surface area contributed by atoms with Crippen molar-refractivity contribution in [3.8, 4) is 0 Å². The van der Waals surface area contributed by atoms with Crippen LogP contribution in [-0.2, 0) is 16.6 Å². The highest BCUT2D eigenvalue weighted by molar-refractivity contribution is 8.01. The van der Waals surface area contributed by atoms with Crippen LogP contribution >= 0.6 is 11.8 Å². The Morgan fingerprint density at radius 2 is 2.32 bits per heavy atom. The lowest BCUT2D eigenvalue weighted by atomic mass is 10.1. The van der Waals surface area contributed by atoms with Gasteiger partial charge in [-0.05, 0) is 37.1 Å². The number of pyridine rings is 1. The van der Waals surface area contributed by atoms with Gasteiger partial charge in [0.2, 0.25) is 0 Å². The number of aliphatic hydroxyl groups is 1. The molecular formula is C12H18N2O3S2. The van der Waals surface area contributed by atoms with E-state index in [0.29, 0.717) is 12.1 Å². The molecule has 1 aliphatic heterocycles. The van der Waals surface area contributed by atoms with Gasteiger partial charge in [-0.15, -0.1) is 0 Å². The van der Waals surface area contributed by atoms with Crippen LogP contribution in [0.25, 0.3) is 0 Å². The van der Waals surface area contributed by atoms with Gasteiger partial charge in [0.05, 0.1) is 6.61 Å². The van der Waals surface area contributed by atoms with E-state index in [4.69, 9.17) is 5.11 Å². The van der Waals surface area contributed by atoms with E-state index in [0.717, 1.165) is 18.6 Å². The van der Waals surface area contributed by atoms with Gasteiger partial charge in [0, 0.05) is 17.5 Å². The van der Waals surface area contributed by atoms with Crippen LogP contribution in [0.15, 0.2) is 23.4 Å². The lowest BCUT2D eigenvalue weighted by Crippen LogP contribution is -2.37. The van der Waals surface area contributed by atoms with Crippen molar-refractivity contribution < 1.29 is 13.5 Å². The fraction of sp³-hybridized carbons (Fsp3) is 0.583. The molecule has 19 heavy (non-hydrogen) atoms. The average molecular weight is 302 g/mol. The number of aliphatic hydroxyl groups excluding tert-OH is 1. The van der Waals surface area contributed by atoms with E-state index in [1.54, 1.807) is 17.8 Å². The minimum absolute atomic E-state index is 0.00343. The Kier molecular flexibility index (Phi) is 4.50. The number of thioether (sulfide) groups is 1. The first-order valence-corrected chi connectivity index (χ1v) is 8.61. The van der Waals surface area contributed by atoms with Crippen LogP contribution in [0.3, 0.4) is 0 Å². The molecule has 1 aliphatic rings. The summed E-state index contributed by atoms with van der Waals surface area (Å²) in [6.45, 7) is 2.36.